The molecular weight excluding hydrogens is 188 g/mol. The van der Waals surface area contributed by atoms with E-state index in [2.05, 4.69) is 0 Å². The van der Waals surface area contributed by atoms with E-state index in [1.54, 1.807) is 0 Å². The van der Waals surface area contributed by atoms with Crippen LogP contribution < -0.4 is 0 Å². The first-order chi connectivity index (χ1) is 5.72. The number of carboxylic acids is 2. The molecule has 0 saturated carbocycles. The van der Waals surface area contributed by atoms with E-state index in [9.17, 15) is 9.59 Å². The normalized spacial score (nSPS) is 13.6. The Morgan fingerprint density at radius 3 is 1.92 bits per heavy atom. The Kier molecular flexibility index (Phi) is 3.87. The highest BCUT2D eigenvalue weighted by Gasteiger charge is 2.19. The lowest BCUT2D eigenvalue weighted by atomic mass is 10.2. The Balaban J connectivity index is 4.65. The summed E-state index contributed by atoms with van der Waals surface area (Å²) in [7, 11) is -1.05. The number of hydrogen-bond acceptors (Lipinski definition) is 2. The molecule has 0 unspecified atom stereocenters. The maximum atomic E-state index is 10.6. The van der Waals surface area contributed by atoms with Gasteiger partial charge in [0, 0.05) is 11.3 Å². The Bertz CT molecular complexity index is 249. The van der Waals surface area contributed by atoms with Gasteiger partial charge in [-0.25, -0.2) is 9.59 Å². The van der Waals surface area contributed by atoms with Crippen LogP contribution in [0.1, 0.15) is 20.8 Å². The first-order valence-electron chi connectivity index (χ1n) is 3.89. The zero-order valence-corrected chi connectivity index (χ0v) is 9.41. The Morgan fingerprint density at radius 2 is 1.69 bits per heavy atom. The highest BCUT2D eigenvalue weighted by molar-refractivity contribution is 6.56. The van der Waals surface area contributed by atoms with Gasteiger partial charge in [-0.1, -0.05) is 20.8 Å². The Hall–Kier alpha value is -1.10. The SMILES string of the molecule is CC(C)(C)[SiH2]/C(=C/C(=O)O)C(=O)O. The van der Waals surface area contributed by atoms with Crippen LogP contribution in [0.25, 0.3) is 0 Å². The van der Waals surface area contributed by atoms with E-state index in [4.69, 9.17) is 10.2 Å². The molecule has 0 aliphatic carbocycles. The van der Waals surface area contributed by atoms with E-state index < -0.39 is 21.5 Å². The smallest absolute Gasteiger partial charge is 0.328 e. The summed E-state index contributed by atoms with van der Waals surface area (Å²) in [6.45, 7) is 5.74. The third-order valence-electron chi connectivity index (χ3n) is 1.29. The van der Waals surface area contributed by atoms with Gasteiger partial charge in [-0.3, -0.25) is 0 Å². The van der Waals surface area contributed by atoms with Gasteiger partial charge in [0.25, 0.3) is 0 Å². The lowest BCUT2D eigenvalue weighted by Crippen LogP contribution is -2.18. The molecule has 0 radical (unpaired) electrons. The molecule has 2 N–H and O–H groups in total. The Morgan fingerprint density at radius 1 is 1.23 bits per heavy atom. The van der Waals surface area contributed by atoms with Crippen LogP contribution in [0.2, 0.25) is 5.04 Å². The van der Waals surface area contributed by atoms with Crippen LogP contribution in [0.5, 0.6) is 0 Å². The highest BCUT2D eigenvalue weighted by Crippen LogP contribution is 2.23. The zero-order chi connectivity index (χ0) is 10.6. The van der Waals surface area contributed by atoms with Crippen molar-refractivity contribution < 1.29 is 19.8 Å². The number of rotatable bonds is 3. The van der Waals surface area contributed by atoms with Crippen LogP contribution in [0, 0.1) is 0 Å². The van der Waals surface area contributed by atoms with Crippen molar-refractivity contribution in [3.8, 4) is 0 Å². The molecule has 0 aromatic rings. The summed E-state index contributed by atoms with van der Waals surface area (Å²) < 4.78 is 0. The molecule has 5 heteroatoms. The summed E-state index contributed by atoms with van der Waals surface area (Å²) in [5, 5.41) is 17.1. The summed E-state index contributed by atoms with van der Waals surface area (Å²) in [4.78, 5) is 20.9. The molecule has 0 rings (SSSR count). The topological polar surface area (TPSA) is 74.6 Å². The zero-order valence-electron chi connectivity index (χ0n) is 8.00. The fourth-order valence-electron chi connectivity index (χ4n) is 0.909. The largest absolute Gasteiger partial charge is 0.478 e. The summed E-state index contributed by atoms with van der Waals surface area (Å²) in [6, 6.07) is 0. The van der Waals surface area contributed by atoms with Gasteiger partial charge in [0.15, 0.2) is 0 Å². The molecule has 0 spiro atoms. The van der Waals surface area contributed by atoms with Gasteiger partial charge >= 0.3 is 11.9 Å². The quantitative estimate of drug-likeness (QED) is 0.514. The van der Waals surface area contributed by atoms with Crippen LogP contribution in [-0.2, 0) is 9.59 Å². The second kappa shape index (κ2) is 4.22. The van der Waals surface area contributed by atoms with Gasteiger partial charge < -0.3 is 10.2 Å². The van der Waals surface area contributed by atoms with Gasteiger partial charge in [0.2, 0.25) is 0 Å². The predicted octanol–water partition coefficient (Wildman–Crippen LogP) is 0.427. The van der Waals surface area contributed by atoms with Gasteiger partial charge in [0.1, 0.15) is 0 Å². The highest BCUT2D eigenvalue weighted by atomic mass is 28.2. The van der Waals surface area contributed by atoms with Crippen molar-refractivity contribution in [1.82, 2.24) is 0 Å². The van der Waals surface area contributed by atoms with Gasteiger partial charge in [-0.2, -0.15) is 0 Å². The maximum Gasteiger partial charge on any atom is 0.328 e. The first kappa shape index (κ1) is 11.9. The molecular formula is C8H14O4Si. The minimum absolute atomic E-state index is 0.0694. The van der Waals surface area contributed by atoms with Gasteiger partial charge in [-0.15, -0.1) is 0 Å². The van der Waals surface area contributed by atoms with E-state index in [0.717, 1.165) is 6.08 Å². The van der Waals surface area contributed by atoms with Crippen molar-refractivity contribution in [2.45, 2.75) is 25.8 Å². The molecule has 4 nitrogen and oxygen atoms in total. The van der Waals surface area contributed by atoms with Crippen LogP contribution in [0.3, 0.4) is 0 Å². The summed E-state index contributed by atoms with van der Waals surface area (Å²) in [6.07, 6.45) is 0.805. The lowest BCUT2D eigenvalue weighted by molar-refractivity contribution is -0.134. The van der Waals surface area contributed by atoms with Crippen LogP contribution in [0.4, 0.5) is 0 Å². The number of aliphatic carboxylic acids is 2. The molecule has 74 valence electrons. The van der Waals surface area contributed by atoms with Crippen molar-refractivity contribution in [3.05, 3.63) is 11.3 Å². The van der Waals surface area contributed by atoms with Gasteiger partial charge in [0.05, 0.1) is 9.52 Å². The molecule has 0 aliphatic rings. The van der Waals surface area contributed by atoms with Crippen molar-refractivity contribution >= 4 is 21.5 Å². The molecule has 0 atom stereocenters. The van der Waals surface area contributed by atoms with Crippen LogP contribution >= 0.6 is 0 Å². The average Bonchev–Trinajstić information content (AvgIpc) is 1.81. The van der Waals surface area contributed by atoms with Crippen LogP contribution in [0.15, 0.2) is 11.3 Å². The minimum Gasteiger partial charge on any atom is -0.478 e. The monoisotopic (exact) mass is 202 g/mol. The third kappa shape index (κ3) is 6.09. The van der Waals surface area contributed by atoms with Crippen molar-refractivity contribution in [3.63, 3.8) is 0 Å². The number of carbonyl (C=O) groups is 2. The maximum absolute atomic E-state index is 10.6. The fraction of sp³-hybridized carbons (Fsp3) is 0.500. The molecule has 0 aromatic carbocycles. The predicted molar refractivity (Wildman–Crippen MR) is 51.6 cm³/mol. The minimum atomic E-state index is -1.19. The molecule has 0 amide bonds. The average molecular weight is 202 g/mol. The molecule has 0 bridgehead atoms. The van der Waals surface area contributed by atoms with E-state index in [1.807, 2.05) is 20.8 Å². The van der Waals surface area contributed by atoms with Crippen LogP contribution in [-0.4, -0.2) is 31.7 Å². The molecule has 0 aromatic heterocycles. The molecule has 0 heterocycles. The van der Waals surface area contributed by atoms with E-state index in [1.165, 1.54) is 0 Å². The second-order valence-electron chi connectivity index (χ2n) is 4.05. The van der Waals surface area contributed by atoms with E-state index in [0.29, 0.717) is 0 Å². The van der Waals surface area contributed by atoms with Gasteiger partial charge in [-0.05, 0) is 5.04 Å². The summed E-state index contributed by atoms with van der Waals surface area (Å²) in [5.41, 5.74) is 0. The summed E-state index contributed by atoms with van der Waals surface area (Å²) >= 11 is 0. The Labute approximate surface area is 79.1 Å². The number of hydrogen-bond donors (Lipinski definition) is 2. The fourth-order valence-corrected chi connectivity index (χ4v) is 2.48. The van der Waals surface area contributed by atoms with Crippen molar-refractivity contribution in [2.24, 2.45) is 0 Å². The van der Waals surface area contributed by atoms with E-state index >= 15 is 0 Å². The number of carboxylic acid groups (broad SMARTS) is 2. The third-order valence-corrected chi connectivity index (χ3v) is 3.24. The standard InChI is InChI=1S/C8H14O4Si/c1-8(2,3)13-5(7(11)12)4-6(9)10/h4H,13H2,1-3H3,(H,9,10)(H,11,12)/b5-4+. The molecule has 0 aliphatic heterocycles. The first-order valence-corrected chi connectivity index (χ1v) is 5.30. The second-order valence-corrected chi connectivity index (χ2v) is 7.29. The molecule has 13 heavy (non-hydrogen) atoms. The summed E-state index contributed by atoms with van der Waals surface area (Å²) in [5.74, 6) is -2.29. The lowest BCUT2D eigenvalue weighted by Gasteiger charge is -2.16. The van der Waals surface area contributed by atoms with Crippen molar-refractivity contribution in [1.29, 1.82) is 0 Å². The molecule has 0 saturated heterocycles. The van der Waals surface area contributed by atoms with E-state index in [-0.39, 0.29) is 10.2 Å². The molecule has 0 fully saturated rings. The van der Waals surface area contributed by atoms with Crippen molar-refractivity contribution in [2.75, 3.05) is 0 Å².